The molecule has 108 valence electrons. The van der Waals surface area contributed by atoms with Crippen LogP contribution in [-0.2, 0) is 0 Å². The number of nitrogens with zero attached hydrogens (tertiary/aromatic N) is 2. The fraction of sp³-hybridized carbons (Fsp3) is 1.00. The molecule has 3 heteroatoms. The van der Waals surface area contributed by atoms with E-state index in [4.69, 9.17) is 0 Å². The molecule has 1 saturated heterocycles. The minimum Gasteiger partial charge on any atom is -0.316 e. The number of hydrogen-bond donors (Lipinski definition) is 1. The lowest BCUT2D eigenvalue weighted by molar-refractivity contribution is 0.0905. The van der Waals surface area contributed by atoms with Crippen LogP contribution >= 0.6 is 0 Å². The maximum absolute atomic E-state index is 3.52. The van der Waals surface area contributed by atoms with Crippen LogP contribution < -0.4 is 5.32 Å². The molecule has 3 nitrogen and oxygen atoms in total. The van der Waals surface area contributed by atoms with E-state index in [0.29, 0.717) is 5.41 Å². The van der Waals surface area contributed by atoms with Crippen LogP contribution in [0.1, 0.15) is 40.0 Å². The summed E-state index contributed by atoms with van der Waals surface area (Å²) in [6.07, 6.45) is 3.95. The van der Waals surface area contributed by atoms with Crippen molar-refractivity contribution in [2.75, 3.05) is 46.8 Å². The van der Waals surface area contributed by atoms with Crippen LogP contribution in [0.2, 0.25) is 0 Å². The number of likely N-dealkylation sites (tertiary alicyclic amines) is 1. The summed E-state index contributed by atoms with van der Waals surface area (Å²) in [5, 5.41) is 3.52. The highest BCUT2D eigenvalue weighted by molar-refractivity contribution is 4.84. The third-order valence-corrected chi connectivity index (χ3v) is 4.51. The van der Waals surface area contributed by atoms with Gasteiger partial charge in [-0.3, -0.25) is 0 Å². The highest BCUT2D eigenvalue weighted by atomic mass is 15.2. The smallest absolute Gasteiger partial charge is 0.0220 e. The third kappa shape index (κ3) is 4.87. The van der Waals surface area contributed by atoms with Crippen LogP contribution in [0.4, 0.5) is 0 Å². The van der Waals surface area contributed by atoms with Gasteiger partial charge in [0.2, 0.25) is 0 Å². The van der Waals surface area contributed by atoms with Gasteiger partial charge in [-0.05, 0) is 51.9 Å². The summed E-state index contributed by atoms with van der Waals surface area (Å²) in [4.78, 5) is 5.06. The largest absolute Gasteiger partial charge is 0.316 e. The summed E-state index contributed by atoms with van der Waals surface area (Å²) in [5.74, 6) is 0. The summed E-state index contributed by atoms with van der Waals surface area (Å²) < 4.78 is 0. The Hall–Kier alpha value is -0.120. The zero-order valence-electron chi connectivity index (χ0n) is 13.1. The maximum atomic E-state index is 3.52. The summed E-state index contributed by atoms with van der Waals surface area (Å²) in [7, 11) is 4.56. The van der Waals surface area contributed by atoms with Crippen molar-refractivity contribution in [3.63, 3.8) is 0 Å². The topological polar surface area (TPSA) is 18.5 Å². The van der Waals surface area contributed by atoms with Crippen LogP contribution in [0.25, 0.3) is 0 Å². The molecule has 1 heterocycles. The van der Waals surface area contributed by atoms with Gasteiger partial charge in [-0.25, -0.2) is 0 Å². The Morgan fingerprint density at radius 2 is 2.11 bits per heavy atom. The Labute approximate surface area is 114 Å². The predicted molar refractivity (Wildman–Crippen MR) is 80.1 cm³/mol. The van der Waals surface area contributed by atoms with Crippen molar-refractivity contribution >= 4 is 0 Å². The number of nitrogens with one attached hydrogen (secondary N) is 1. The van der Waals surface area contributed by atoms with Gasteiger partial charge in [-0.2, -0.15) is 0 Å². The van der Waals surface area contributed by atoms with Crippen molar-refractivity contribution in [1.29, 1.82) is 0 Å². The summed E-state index contributed by atoms with van der Waals surface area (Å²) in [5.41, 5.74) is 0.404. The SMILES string of the molecule is CCNCC(C)(CC)CN(C)C1CCCN(C)C1. The van der Waals surface area contributed by atoms with Gasteiger partial charge in [-0.1, -0.05) is 20.8 Å². The monoisotopic (exact) mass is 255 g/mol. The van der Waals surface area contributed by atoms with Gasteiger partial charge in [0.05, 0.1) is 0 Å². The van der Waals surface area contributed by atoms with E-state index in [1.165, 1.54) is 38.9 Å². The summed E-state index contributed by atoms with van der Waals surface area (Å²) >= 11 is 0. The van der Waals surface area contributed by atoms with Gasteiger partial charge >= 0.3 is 0 Å². The minimum absolute atomic E-state index is 0.404. The summed E-state index contributed by atoms with van der Waals surface area (Å²) in [6, 6.07) is 0.747. The molecule has 0 spiro atoms. The molecule has 1 aliphatic heterocycles. The van der Waals surface area contributed by atoms with Crippen LogP contribution in [0.5, 0.6) is 0 Å². The Balaban J connectivity index is 2.47. The first kappa shape index (κ1) is 15.9. The van der Waals surface area contributed by atoms with Crippen LogP contribution in [0.3, 0.4) is 0 Å². The lowest BCUT2D eigenvalue weighted by Gasteiger charge is -2.40. The number of hydrogen-bond acceptors (Lipinski definition) is 3. The van der Waals surface area contributed by atoms with E-state index in [0.717, 1.165) is 19.1 Å². The van der Waals surface area contributed by atoms with E-state index in [1.807, 2.05) is 0 Å². The normalized spacial score (nSPS) is 25.3. The standard InChI is InChI=1S/C15H33N3/c1-6-15(3,12-16-7-2)13-18(5)14-9-8-10-17(4)11-14/h14,16H,6-13H2,1-5H3. The van der Waals surface area contributed by atoms with Crippen molar-refractivity contribution in [3.05, 3.63) is 0 Å². The molecular weight excluding hydrogens is 222 g/mol. The molecule has 0 aliphatic carbocycles. The van der Waals surface area contributed by atoms with E-state index >= 15 is 0 Å². The molecule has 0 bridgehead atoms. The fourth-order valence-corrected chi connectivity index (χ4v) is 2.95. The molecule has 18 heavy (non-hydrogen) atoms. The van der Waals surface area contributed by atoms with E-state index in [9.17, 15) is 0 Å². The first-order valence-corrected chi connectivity index (χ1v) is 7.60. The predicted octanol–water partition coefficient (Wildman–Crippen LogP) is 2.04. The Bertz CT molecular complexity index is 232. The van der Waals surface area contributed by atoms with Crippen molar-refractivity contribution in [1.82, 2.24) is 15.1 Å². The van der Waals surface area contributed by atoms with Crippen molar-refractivity contribution < 1.29 is 0 Å². The molecular formula is C15H33N3. The van der Waals surface area contributed by atoms with Crippen LogP contribution in [-0.4, -0.2) is 62.7 Å². The van der Waals surface area contributed by atoms with Gasteiger partial charge < -0.3 is 15.1 Å². The molecule has 0 aromatic rings. The molecule has 0 saturated carbocycles. The van der Waals surface area contributed by atoms with Crippen molar-refractivity contribution in [3.8, 4) is 0 Å². The molecule has 1 fully saturated rings. The lowest BCUT2D eigenvalue weighted by Crippen LogP contribution is -2.49. The minimum atomic E-state index is 0.404. The Morgan fingerprint density at radius 1 is 1.39 bits per heavy atom. The van der Waals surface area contributed by atoms with E-state index in [1.54, 1.807) is 0 Å². The molecule has 0 aromatic heterocycles. The Kier molecular flexibility index (Phi) is 6.61. The zero-order chi connectivity index (χ0) is 13.6. The molecule has 1 N–H and O–H groups in total. The van der Waals surface area contributed by atoms with Crippen LogP contribution in [0.15, 0.2) is 0 Å². The van der Waals surface area contributed by atoms with E-state index in [-0.39, 0.29) is 0 Å². The first-order chi connectivity index (χ1) is 8.50. The second-order valence-corrected chi connectivity index (χ2v) is 6.42. The first-order valence-electron chi connectivity index (χ1n) is 7.60. The molecule has 1 aliphatic rings. The zero-order valence-corrected chi connectivity index (χ0v) is 13.1. The summed E-state index contributed by atoms with van der Waals surface area (Å²) in [6.45, 7) is 12.8. The fourth-order valence-electron chi connectivity index (χ4n) is 2.95. The lowest BCUT2D eigenvalue weighted by atomic mass is 9.86. The van der Waals surface area contributed by atoms with E-state index < -0.39 is 0 Å². The average Bonchev–Trinajstić information content (AvgIpc) is 2.36. The molecule has 0 aromatic carbocycles. The quantitative estimate of drug-likeness (QED) is 0.751. The molecule has 1 rings (SSSR count). The molecule has 2 unspecified atom stereocenters. The van der Waals surface area contributed by atoms with Gasteiger partial charge in [0, 0.05) is 25.7 Å². The molecule has 0 amide bonds. The highest BCUT2D eigenvalue weighted by Gasteiger charge is 2.28. The van der Waals surface area contributed by atoms with Crippen molar-refractivity contribution in [2.45, 2.75) is 46.1 Å². The van der Waals surface area contributed by atoms with Crippen LogP contribution in [0, 0.1) is 5.41 Å². The molecule has 2 atom stereocenters. The van der Waals surface area contributed by atoms with Gasteiger partial charge in [0.15, 0.2) is 0 Å². The third-order valence-electron chi connectivity index (χ3n) is 4.51. The van der Waals surface area contributed by atoms with Gasteiger partial charge in [0.25, 0.3) is 0 Å². The molecule has 0 radical (unpaired) electrons. The number of likely N-dealkylation sites (N-methyl/N-ethyl adjacent to an activating group) is 2. The Morgan fingerprint density at radius 3 is 2.67 bits per heavy atom. The second-order valence-electron chi connectivity index (χ2n) is 6.42. The number of rotatable bonds is 7. The number of piperidine rings is 1. The van der Waals surface area contributed by atoms with Crippen molar-refractivity contribution in [2.24, 2.45) is 5.41 Å². The van der Waals surface area contributed by atoms with Gasteiger partial charge in [-0.15, -0.1) is 0 Å². The van der Waals surface area contributed by atoms with Gasteiger partial charge in [0.1, 0.15) is 0 Å². The second kappa shape index (κ2) is 7.46. The highest BCUT2D eigenvalue weighted by Crippen LogP contribution is 2.24. The average molecular weight is 255 g/mol. The van der Waals surface area contributed by atoms with E-state index in [2.05, 4.69) is 50.0 Å². The maximum Gasteiger partial charge on any atom is 0.0220 e.